The standard InChI is InChI=1S/C44H43F11N6O6/c1-6-27-29(45)10-8-23-16-25(65-22-63-5)17-28(31(23)27)34-33(46)35-32-30(56-34)11-9-24-19-59(38(62)67-39(2,3)4)14-15-61(24)36(32)58-37(57-35)64-21-40-12-7-13-60(40)20-26(18-40)66-41(42(47,48)49,43(50,51)52)44(53,54)55/h1,8,10,16-17,24,26H,7,9,11-15,18-22H2,2-5H3/t24-,26+,40?/m1/s1. The summed E-state index contributed by atoms with van der Waals surface area (Å²) in [6.07, 6.45) is -17.6. The summed E-state index contributed by atoms with van der Waals surface area (Å²) < 4.78 is 185. The molecule has 0 bridgehead atoms. The Morgan fingerprint density at radius 2 is 1.63 bits per heavy atom. The Hall–Kier alpha value is -5.47. The number of fused-ring (bicyclic) bond motifs is 4. The Labute approximate surface area is 375 Å². The Balaban J connectivity index is 1.23. The van der Waals surface area contributed by atoms with Crippen molar-refractivity contribution in [3.05, 3.63) is 47.2 Å². The van der Waals surface area contributed by atoms with Crippen LogP contribution in [0.4, 0.5) is 58.9 Å². The zero-order chi connectivity index (χ0) is 48.6. The fourth-order valence-electron chi connectivity index (χ4n) is 9.64. The van der Waals surface area contributed by atoms with Crippen LogP contribution in [0.25, 0.3) is 32.9 Å². The largest absolute Gasteiger partial charge is 0.468 e. The maximum absolute atomic E-state index is 17.6. The van der Waals surface area contributed by atoms with Gasteiger partial charge in [0.05, 0.1) is 28.3 Å². The number of terminal acetylenes is 1. The van der Waals surface area contributed by atoms with Gasteiger partial charge in [0, 0.05) is 50.3 Å². The number of hydrogen-bond donors (Lipinski definition) is 0. The molecule has 3 fully saturated rings. The molecule has 12 nitrogen and oxygen atoms in total. The van der Waals surface area contributed by atoms with Crippen molar-refractivity contribution in [1.29, 1.82) is 0 Å². The molecule has 3 saturated heterocycles. The molecule has 4 aliphatic rings. The number of hydrogen-bond acceptors (Lipinski definition) is 11. The van der Waals surface area contributed by atoms with E-state index in [9.17, 15) is 44.3 Å². The molecule has 0 aliphatic carbocycles. The van der Waals surface area contributed by atoms with Crippen LogP contribution in [-0.4, -0.2) is 131 Å². The van der Waals surface area contributed by atoms with Crippen LogP contribution in [0.15, 0.2) is 24.3 Å². The monoisotopic (exact) mass is 960 g/mol. The normalized spacial score (nSPS) is 21.6. The summed E-state index contributed by atoms with van der Waals surface area (Å²) in [5, 5.41) is 0.618. The van der Waals surface area contributed by atoms with Gasteiger partial charge in [-0.1, -0.05) is 12.0 Å². The highest BCUT2D eigenvalue weighted by Gasteiger charge is 2.86. The van der Waals surface area contributed by atoms with E-state index >= 15 is 8.78 Å². The topological polar surface area (TPSA) is 112 Å². The molecular weight excluding hydrogens is 917 g/mol. The minimum absolute atomic E-state index is 0.0116. The molecule has 3 atom stereocenters. The molecule has 67 heavy (non-hydrogen) atoms. The van der Waals surface area contributed by atoms with Crippen LogP contribution in [-0.2, 0) is 20.6 Å². The van der Waals surface area contributed by atoms with Gasteiger partial charge in [0.2, 0.25) is 0 Å². The molecule has 8 rings (SSSR count). The van der Waals surface area contributed by atoms with Crippen molar-refractivity contribution in [1.82, 2.24) is 24.8 Å². The van der Waals surface area contributed by atoms with Gasteiger partial charge < -0.3 is 33.5 Å². The number of rotatable bonds is 9. The summed E-state index contributed by atoms with van der Waals surface area (Å²) >= 11 is 0. The van der Waals surface area contributed by atoms with E-state index < -0.39 is 90.7 Å². The average Bonchev–Trinajstić information content (AvgIpc) is 3.73. The Morgan fingerprint density at radius 1 is 0.910 bits per heavy atom. The van der Waals surface area contributed by atoms with Gasteiger partial charge in [0.15, 0.2) is 12.6 Å². The number of alkyl halides is 9. The van der Waals surface area contributed by atoms with Crippen LogP contribution >= 0.6 is 0 Å². The molecule has 0 spiro atoms. The zero-order valence-electron chi connectivity index (χ0n) is 36.3. The molecule has 0 saturated carbocycles. The number of carbonyl (C=O) groups excluding carboxylic acids is 1. The van der Waals surface area contributed by atoms with Crippen molar-refractivity contribution in [3.8, 4) is 35.4 Å². The number of methoxy groups -OCH3 is 1. The van der Waals surface area contributed by atoms with E-state index in [4.69, 9.17) is 30.4 Å². The highest BCUT2D eigenvalue weighted by molar-refractivity contribution is 6.03. The first-order chi connectivity index (χ1) is 31.3. The molecule has 0 radical (unpaired) electrons. The first-order valence-corrected chi connectivity index (χ1v) is 21.1. The quantitative estimate of drug-likeness (QED) is 0.0912. The van der Waals surface area contributed by atoms with Gasteiger partial charge in [0.25, 0.3) is 0 Å². The highest BCUT2D eigenvalue weighted by atomic mass is 19.4. The van der Waals surface area contributed by atoms with Gasteiger partial charge >= 0.3 is 36.2 Å². The first-order valence-electron chi connectivity index (χ1n) is 21.1. The molecule has 2 aromatic carbocycles. The Morgan fingerprint density at radius 3 is 2.28 bits per heavy atom. The maximum atomic E-state index is 17.6. The number of anilines is 1. The van der Waals surface area contributed by atoms with Crippen molar-refractivity contribution in [2.24, 2.45) is 0 Å². The molecule has 6 heterocycles. The fraction of sp³-hybridized carbons (Fsp3) is 0.545. The predicted octanol–water partition coefficient (Wildman–Crippen LogP) is 8.89. The lowest BCUT2D eigenvalue weighted by atomic mass is 9.93. The predicted molar refractivity (Wildman–Crippen MR) is 217 cm³/mol. The molecule has 1 amide bonds. The second-order valence-corrected chi connectivity index (χ2v) is 18.0. The second-order valence-electron chi connectivity index (χ2n) is 18.0. The summed E-state index contributed by atoms with van der Waals surface area (Å²) in [7, 11) is 1.38. The van der Waals surface area contributed by atoms with Crippen molar-refractivity contribution in [2.75, 3.05) is 58.1 Å². The Kier molecular flexibility index (Phi) is 12.1. The van der Waals surface area contributed by atoms with Crippen molar-refractivity contribution >= 4 is 33.6 Å². The van der Waals surface area contributed by atoms with Crippen LogP contribution < -0.4 is 14.4 Å². The van der Waals surface area contributed by atoms with E-state index in [-0.39, 0.29) is 90.5 Å². The van der Waals surface area contributed by atoms with Crippen LogP contribution in [0.2, 0.25) is 0 Å². The smallest absolute Gasteiger partial charge is 0.435 e. The SMILES string of the molecule is C#Cc1c(F)ccc2cc(OCOC)cc(-c3nc4c5c(nc(OCC67CCCN6C[C@@H](OC(C(F)(F)F)(C(F)(F)F)C(F)(F)F)C7)nc5c3F)N3CCN(C(=O)OC(C)(C)C)C[C@H]3CC4)c12. The van der Waals surface area contributed by atoms with Crippen LogP contribution in [0.5, 0.6) is 11.8 Å². The van der Waals surface area contributed by atoms with Crippen LogP contribution in [0.3, 0.4) is 0 Å². The van der Waals surface area contributed by atoms with Crippen molar-refractivity contribution in [2.45, 2.75) is 100 Å². The maximum Gasteiger partial charge on any atom is 0.435 e. The van der Waals surface area contributed by atoms with Gasteiger partial charge in [-0.2, -0.15) is 49.5 Å². The number of amides is 1. The van der Waals surface area contributed by atoms with Gasteiger partial charge in [0.1, 0.15) is 40.8 Å². The number of carbonyl (C=O) groups is 1. The molecule has 362 valence electrons. The van der Waals surface area contributed by atoms with Gasteiger partial charge in [-0.15, -0.1) is 6.42 Å². The van der Waals surface area contributed by atoms with E-state index in [0.29, 0.717) is 23.9 Å². The van der Waals surface area contributed by atoms with Gasteiger partial charge in [-0.25, -0.2) is 18.6 Å². The second kappa shape index (κ2) is 16.9. The zero-order valence-corrected chi connectivity index (χ0v) is 36.3. The lowest BCUT2D eigenvalue weighted by molar-refractivity contribution is -0.463. The highest BCUT2D eigenvalue weighted by Crippen LogP contribution is 2.57. The summed E-state index contributed by atoms with van der Waals surface area (Å²) in [5.41, 5.74) is -9.31. The van der Waals surface area contributed by atoms with E-state index in [1.807, 2.05) is 4.90 Å². The first kappa shape index (κ1) is 48.0. The molecule has 2 aromatic heterocycles. The summed E-state index contributed by atoms with van der Waals surface area (Å²) in [6, 6.07) is 4.53. The van der Waals surface area contributed by atoms with E-state index in [2.05, 4.69) is 20.6 Å². The van der Waals surface area contributed by atoms with E-state index in [0.717, 1.165) is 6.07 Å². The fourth-order valence-corrected chi connectivity index (χ4v) is 9.64. The number of pyridine rings is 1. The minimum atomic E-state index is -6.92. The number of aromatic nitrogens is 3. The Bertz CT molecular complexity index is 2600. The molecule has 1 unspecified atom stereocenters. The summed E-state index contributed by atoms with van der Waals surface area (Å²) in [4.78, 5) is 31.9. The lowest BCUT2D eigenvalue weighted by Gasteiger charge is -2.41. The third-order valence-corrected chi connectivity index (χ3v) is 12.5. The van der Waals surface area contributed by atoms with Gasteiger partial charge in [-0.3, -0.25) is 4.90 Å². The third-order valence-electron chi connectivity index (χ3n) is 12.5. The number of benzene rings is 2. The number of nitrogens with zero attached hydrogens (tertiary/aromatic N) is 6. The number of halogens is 11. The van der Waals surface area contributed by atoms with Crippen molar-refractivity contribution < 1.29 is 76.8 Å². The summed E-state index contributed by atoms with van der Waals surface area (Å²) in [5.74, 6) is 0.795. The molecule has 4 aromatic rings. The van der Waals surface area contributed by atoms with Crippen molar-refractivity contribution in [3.63, 3.8) is 0 Å². The number of aryl methyl sites for hydroxylation is 1. The molecule has 4 aliphatic heterocycles. The average molecular weight is 961 g/mol. The molecular formula is C44H43F11N6O6. The van der Waals surface area contributed by atoms with Crippen LogP contribution in [0, 0.1) is 24.0 Å². The number of ether oxygens (including phenoxy) is 5. The lowest BCUT2D eigenvalue weighted by Crippen LogP contribution is -2.68. The molecule has 23 heteroatoms. The van der Waals surface area contributed by atoms with Crippen LogP contribution in [0.1, 0.15) is 57.7 Å². The minimum Gasteiger partial charge on any atom is -0.468 e. The summed E-state index contributed by atoms with van der Waals surface area (Å²) in [6.45, 7) is 4.11. The van der Waals surface area contributed by atoms with E-state index in [1.165, 1.54) is 29.0 Å². The van der Waals surface area contributed by atoms with E-state index in [1.54, 1.807) is 26.8 Å². The number of piperazine rings is 1. The molecule has 0 N–H and O–H groups in total. The third kappa shape index (κ3) is 8.46. The van der Waals surface area contributed by atoms with Gasteiger partial charge in [-0.05, 0) is 83.0 Å².